The number of thioether (sulfide) groups is 1. The van der Waals surface area contributed by atoms with Gasteiger partial charge < -0.3 is 10.8 Å². The second-order valence-electron chi connectivity index (χ2n) is 1.73. The second-order valence-corrected chi connectivity index (χ2v) is 2.71. The molecular weight excluding hydrogens is 213 g/mol. The van der Waals surface area contributed by atoms with Gasteiger partial charge in [0.1, 0.15) is 6.04 Å². The van der Waals surface area contributed by atoms with Gasteiger partial charge in [-0.3, -0.25) is 4.79 Å². The molecule has 2 radical (unpaired) electrons. The van der Waals surface area contributed by atoms with E-state index in [1.165, 1.54) is 0 Å². The third kappa shape index (κ3) is 6.42. The van der Waals surface area contributed by atoms with Crippen LogP contribution in [0, 0.1) is 0 Å². The summed E-state index contributed by atoms with van der Waals surface area (Å²) >= 11 is 1.60. The van der Waals surface area contributed by atoms with Crippen molar-refractivity contribution in [2.75, 3.05) is 12.0 Å². The van der Waals surface area contributed by atoms with Crippen LogP contribution in [0.4, 0.5) is 0 Å². The van der Waals surface area contributed by atoms with Crippen molar-refractivity contribution in [3.05, 3.63) is 0 Å². The molecule has 3 nitrogen and oxygen atoms in total. The third-order valence-corrected chi connectivity index (χ3v) is 1.59. The Morgan fingerprint density at radius 3 is 2.60 bits per heavy atom. The number of carbonyl (C=O) groups is 1. The van der Waals surface area contributed by atoms with Gasteiger partial charge in [-0.15, -0.1) is 0 Å². The molecule has 0 aromatic carbocycles. The molecule has 0 heterocycles. The molecule has 0 aliphatic rings. The molecule has 0 saturated heterocycles. The van der Waals surface area contributed by atoms with Gasteiger partial charge in [-0.05, 0) is 18.4 Å². The first-order valence-corrected chi connectivity index (χ1v) is 4.05. The van der Waals surface area contributed by atoms with Gasteiger partial charge in [0.05, 0.1) is 0 Å². The van der Waals surface area contributed by atoms with Crippen LogP contribution >= 0.6 is 11.8 Å². The van der Waals surface area contributed by atoms with E-state index in [0.29, 0.717) is 6.42 Å². The van der Waals surface area contributed by atoms with E-state index in [1.54, 1.807) is 11.8 Å². The van der Waals surface area contributed by atoms with Gasteiger partial charge in [0.2, 0.25) is 0 Å². The van der Waals surface area contributed by atoms with Crippen LogP contribution in [0.25, 0.3) is 0 Å². The minimum atomic E-state index is -0.913. The molecule has 0 spiro atoms. The Bertz CT molecular complexity index is 102. The molecule has 60 valence electrons. The summed E-state index contributed by atoms with van der Waals surface area (Å²) < 4.78 is 0. The quantitative estimate of drug-likeness (QED) is 0.647. The van der Waals surface area contributed by atoms with Gasteiger partial charge in [0, 0.05) is 17.1 Å². The molecule has 5 heteroatoms. The summed E-state index contributed by atoms with van der Waals surface area (Å²) in [6, 6.07) is -0.683. The van der Waals surface area contributed by atoms with Crippen LogP contribution in [0.15, 0.2) is 0 Å². The number of nitrogens with two attached hydrogens (primary N) is 1. The Balaban J connectivity index is 0. The second kappa shape index (κ2) is 7.41. The van der Waals surface area contributed by atoms with E-state index in [4.69, 9.17) is 10.8 Å². The number of hydrogen-bond donors (Lipinski definition) is 2. The van der Waals surface area contributed by atoms with Crippen LogP contribution in [0.3, 0.4) is 0 Å². The fourth-order valence-electron chi connectivity index (χ4n) is 0.368. The van der Waals surface area contributed by atoms with Gasteiger partial charge >= 0.3 is 5.97 Å². The summed E-state index contributed by atoms with van der Waals surface area (Å²) in [5.74, 6) is -0.1000. The van der Waals surface area contributed by atoms with E-state index in [9.17, 15) is 4.79 Å². The molecule has 0 saturated carbocycles. The van der Waals surface area contributed by atoms with Crippen molar-refractivity contribution in [3.8, 4) is 0 Å². The van der Waals surface area contributed by atoms with Gasteiger partial charge in [0.25, 0.3) is 0 Å². The van der Waals surface area contributed by atoms with Gasteiger partial charge in [-0.2, -0.15) is 11.8 Å². The molecule has 0 rings (SSSR count). The van der Waals surface area contributed by atoms with E-state index in [-0.39, 0.29) is 17.1 Å². The third-order valence-electron chi connectivity index (χ3n) is 0.950. The zero-order valence-electron chi connectivity index (χ0n) is 5.74. The Hall–Kier alpha value is 0.299. The minimum absolute atomic E-state index is 0. The van der Waals surface area contributed by atoms with Crippen LogP contribution < -0.4 is 5.73 Å². The summed E-state index contributed by atoms with van der Waals surface area (Å²) in [4.78, 5) is 10.1. The summed E-state index contributed by atoms with van der Waals surface area (Å²) in [6.45, 7) is 0. The van der Waals surface area contributed by atoms with E-state index in [0.717, 1.165) is 5.75 Å². The standard InChI is InChI=1S/C5H11NO2S.Se/c1-9-3-2-4(6)5(7)8;/h4H,2-3,6H2,1H3,(H,7,8);/i;1-4. The van der Waals surface area contributed by atoms with E-state index in [2.05, 4.69) is 0 Å². The van der Waals surface area contributed by atoms with Crippen molar-refractivity contribution in [1.82, 2.24) is 0 Å². The molecule has 0 aromatic heterocycles. The van der Waals surface area contributed by atoms with Crippen molar-refractivity contribution >= 4 is 34.8 Å². The molecule has 0 aliphatic carbocycles. The van der Waals surface area contributed by atoms with E-state index in [1.807, 2.05) is 6.26 Å². The summed E-state index contributed by atoms with van der Waals surface area (Å²) in [5, 5.41) is 8.27. The summed E-state index contributed by atoms with van der Waals surface area (Å²) in [6.07, 6.45) is 2.48. The maximum absolute atomic E-state index is 10.1. The molecule has 0 amide bonds. The average Bonchev–Trinajstić information content (AvgIpc) is 1.82. The largest absolute Gasteiger partial charge is 0.480 e. The van der Waals surface area contributed by atoms with Gasteiger partial charge in [-0.25, -0.2) is 0 Å². The Labute approximate surface area is 75.2 Å². The number of hydrogen-bond acceptors (Lipinski definition) is 3. The van der Waals surface area contributed by atoms with Crippen molar-refractivity contribution in [3.63, 3.8) is 0 Å². The Morgan fingerprint density at radius 1 is 1.80 bits per heavy atom. The first-order chi connectivity index (χ1) is 4.18. The fourth-order valence-corrected chi connectivity index (χ4v) is 0.858. The molecule has 0 aromatic rings. The SMILES string of the molecule is CSCCC(N)C(=O)O.[75Se]. The molecule has 0 bridgehead atoms. The van der Waals surface area contributed by atoms with Crippen molar-refractivity contribution in [2.24, 2.45) is 5.73 Å². The predicted molar refractivity (Wildman–Crippen MR) is 44.4 cm³/mol. The van der Waals surface area contributed by atoms with Crippen molar-refractivity contribution in [1.29, 1.82) is 0 Å². The van der Waals surface area contributed by atoms with Crippen LogP contribution in [0.2, 0.25) is 0 Å². The number of carboxylic acids is 1. The zero-order valence-corrected chi connectivity index (χ0v) is 8.27. The number of rotatable bonds is 4. The molecule has 1 atom stereocenters. The van der Waals surface area contributed by atoms with Crippen LogP contribution in [-0.2, 0) is 4.79 Å². The number of carboxylic acid groups (broad SMARTS) is 1. The predicted octanol–water partition coefficient (Wildman–Crippen LogP) is -0.229. The van der Waals surface area contributed by atoms with Crippen LogP contribution in [-0.4, -0.2) is 46.2 Å². The smallest absolute Gasteiger partial charge is 0.320 e. The average molecular weight is 224 g/mol. The van der Waals surface area contributed by atoms with Gasteiger partial charge in [-0.1, -0.05) is 0 Å². The van der Waals surface area contributed by atoms with Crippen LogP contribution in [0.5, 0.6) is 0 Å². The summed E-state index contributed by atoms with van der Waals surface area (Å²) in [5.41, 5.74) is 5.19. The topological polar surface area (TPSA) is 63.3 Å². The molecule has 10 heavy (non-hydrogen) atoms. The molecule has 0 fully saturated rings. The monoisotopic (exact) mass is 224 g/mol. The Kier molecular flexibility index (Phi) is 9.58. The van der Waals surface area contributed by atoms with Crippen molar-refractivity contribution < 1.29 is 9.90 Å². The maximum atomic E-state index is 10.1. The summed E-state index contributed by atoms with van der Waals surface area (Å²) in [7, 11) is 0. The van der Waals surface area contributed by atoms with E-state index < -0.39 is 12.0 Å². The minimum Gasteiger partial charge on any atom is -0.480 e. The molecule has 3 N–H and O–H groups in total. The normalized spacial score (nSPS) is 11.8. The number of aliphatic carboxylic acids is 1. The molecule has 1 unspecified atom stereocenters. The van der Waals surface area contributed by atoms with Crippen LogP contribution in [0.1, 0.15) is 6.42 Å². The molecule has 0 aliphatic heterocycles. The first kappa shape index (κ1) is 12.9. The van der Waals surface area contributed by atoms with Gasteiger partial charge in [0.15, 0.2) is 0 Å². The Morgan fingerprint density at radius 2 is 2.30 bits per heavy atom. The van der Waals surface area contributed by atoms with Crippen molar-refractivity contribution in [2.45, 2.75) is 12.5 Å². The molecular formula is C5H11NO2SSe. The zero-order chi connectivity index (χ0) is 7.28. The maximum Gasteiger partial charge on any atom is 0.320 e. The first-order valence-electron chi connectivity index (χ1n) is 2.65. The fraction of sp³-hybridized carbons (Fsp3) is 0.800. The van der Waals surface area contributed by atoms with E-state index >= 15 is 0 Å².